The van der Waals surface area contributed by atoms with Gasteiger partial charge in [0.1, 0.15) is 5.58 Å². The Morgan fingerprint density at radius 3 is 2.64 bits per heavy atom. The van der Waals surface area contributed by atoms with Crippen molar-refractivity contribution in [2.24, 2.45) is 5.92 Å². The summed E-state index contributed by atoms with van der Waals surface area (Å²) < 4.78 is 29.2. The van der Waals surface area contributed by atoms with E-state index in [1.165, 1.54) is 30.3 Å². The summed E-state index contributed by atoms with van der Waals surface area (Å²) in [6, 6.07) is 6.72. The highest BCUT2D eigenvalue weighted by atomic mass is 32.2. The van der Waals surface area contributed by atoms with Gasteiger partial charge in [-0.25, -0.2) is 13.2 Å². The Bertz CT molecular complexity index is 855. The van der Waals surface area contributed by atoms with E-state index in [1.807, 2.05) is 18.7 Å². The van der Waals surface area contributed by atoms with Gasteiger partial charge in [0.25, 0.3) is 10.0 Å². The average molecular weight is 324 g/mol. The lowest BCUT2D eigenvalue weighted by Gasteiger charge is -2.10. The zero-order valence-corrected chi connectivity index (χ0v) is 12.9. The number of rotatable bonds is 5. The molecule has 2 rings (SSSR count). The van der Waals surface area contributed by atoms with Crippen LogP contribution in [0.1, 0.15) is 20.3 Å². The van der Waals surface area contributed by atoms with Crippen LogP contribution < -0.4 is 15.9 Å². The third kappa shape index (κ3) is 3.92. The Labute approximate surface area is 127 Å². The molecule has 0 aliphatic heterocycles. The fourth-order valence-electron chi connectivity index (χ4n) is 1.82. The van der Waals surface area contributed by atoms with Gasteiger partial charge in [0.05, 0.1) is 4.90 Å². The number of nitrogens with one attached hydrogen (secondary N) is 2. The smallest absolute Gasteiger partial charge is 0.336 e. The van der Waals surface area contributed by atoms with E-state index in [9.17, 15) is 18.0 Å². The fourth-order valence-corrected chi connectivity index (χ4v) is 2.72. The largest absolute Gasteiger partial charge is 0.423 e. The van der Waals surface area contributed by atoms with Crippen LogP contribution in [0.15, 0.2) is 44.4 Å². The van der Waals surface area contributed by atoms with E-state index in [2.05, 4.69) is 5.43 Å². The average Bonchev–Trinajstić information content (AvgIpc) is 2.44. The van der Waals surface area contributed by atoms with Crippen molar-refractivity contribution >= 4 is 26.9 Å². The summed E-state index contributed by atoms with van der Waals surface area (Å²) in [6.45, 7) is 3.70. The summed E-state index contributed by atoms with van der Waals surface area (Å²) in [5.74, 6) is -0.293. The highest BCUT2D eigenvalue weighted by Crippen LogP contribution is 2.17. The monoisotopic (exact) mass is 324 g/mol. The van der Waals surface area contributed by atoms with Crippen LogP contribution in [0.2, 0.25) is 0 Å². The number of benzene rings is 1. The van der Waals surface area contributed by atoms with Gasteiger partial charge in [0.15, 0.2) is 0 Å². The van der Waals surface area contributed by atoms with Crippen LogP contribution in [0.4, 0.5) is 0 Å². The molecule has 1 aromatic carbocycles. The van der Waals surface area contributed by atoms with Crippen molar-refractivity contribution in [2.75, 3.05) is 0 Å². The van der Waals surface area contributed by atoms with Crippen LogP contribution in [0.3, 0.4) is 0 Å². The number of sulfonamides is 1. The van der Waals surface area contributed by atoms with Crippen LogP contribution in [-0.4, -0.2) is 14.3 Å². The highest BCUT2D eigenvalue weighted by molar-refractivity contribution is 7.89. The molecule has 118 valence electrons. The third-order valence-corrected chi connectivity index (χ3v) is 4.06. The first-order valence-electron chi connectivity index (χ1n) is 6.62. The van der Waals surface area contributed by atoms with Crippen molar-refractivity contribution in [1.82, 2.24) is 10.3 Å². The SMILES string of the molecule is CC(C)CC(=O)NNS(=O)(=O)c1ccc2oc(=O)ccc2c1. The van der Waals surface area contributed by atoms with Crippen molar-refractivity contribution in [1.29, 1.82) is 0 Å². The molecule has 8 heteroatoms. The number of hydrogen-bond acceptors (Lipinski definition) is 5. The molecule has 7 nitrogen and oxygen atoms in total. The summed E-state index contributed by atoms with van der Waals surface area (Å²) in [5.41, 5.74) is 1.94. The van der Waals surface area contributed by atoms with Crippen molar-refractivity contribution in [3.05, 3.63) is 40.8 Å². The van der Waals surface area contributed by atoms with Crippen molar-refractivity contribution in [2.45, 2.75) is 25.2 Å². The van der Waals surface area contributed by atoms with E-state index >= 15 is 0 Å². The topological polar surface area (TPSA) is 105 Å². The van der Waals surface area contributed by atoms with Gasteiger partial charge in [-0.1, -0.05) is 13.8 Å². The van der Waals surface area contributed by atoms with Crippen LogP contribution in [-0.2, 0) is 14.8 Å². The summed E-state index contributed by atoms with van der Waals surface area (Å²) in [6.07, 6.45) is 0.214. The molecule has 0 saturated heterocycles. The molecular formula is C14H16N2O5S. The molecule has 1 aromatic heterocycles. The first-order chi connectivity index (χ1) is 10.3. The summed E-state index contributed by atoms with van der Waals surface area (Å²) >= 11 is 0. The second-order valence-electron chi connectivity index (χ2n) is 5.21. The molecule has 1 heterocycles. The number of hydrazine groups is 1. The summed E-state index contributed by atoms with van der Waals surface area (Å²) in [4.78, 5) is 24.6. The highest BCUT2D eigenvalue weighted by Gasteiger charge is 2.16. The molecule has 0 fully saturated rings. The standard InChI is InChI=1S/C14H16N2O5S/c1-9(2)7-13(17)15-16-22(19,20)11-4-5-12-10(8-11)3-6-14(18)21-12/h3-6,8-9,16H,7H2,1-2H3,(H,15,17). The molecule has 0 unspecified atom stereocenters. The van der Waals surface area contributed by atoms with Gasteiger partial charge in [-0.2, -0.15) is 0 Å². The lowest BCUT2D eigenvalue weighted by molar-refractivity contribution is -0.122. The molecule has 1 amide bonds. The normalized spacial score (nSPS) is 11.8. The molecule has 0 aliphatic carbocycles. The van der Waals surface area contributed by atoms with E-state index in [0.717, 1.165) is 0 Å². The van der Waals surface area contributed by atoms with Crippen LogP contribution in [0, 0.1) is 5.92 Å². The molecule has 0 saturated carbocycles. The molecule has 0 spiro atoms. The zero-order chi connectivity index (χ0) is 16.3. The lowest BCUT2D eigenvalue weighted by atomic mass is 10.1. The third-order valence-electron chi connectivity index (χ3n) is 2.82. The number of fused-ring (bicyclic) bond motifs is 1. The number of hydrogen-bond donors (Lipinski definition) is 2. The maximum Gasteiger partial charge on any atom is 0.336 e. The minimum absolute atomic E-state index is 0.0429. The Morgan fingerprint density at radius 1 is 1.23 bits per heavy atom. The van der Waals surface area contributed by atoms with Gasteiger partial charge in [-0.15, -0.1) is 4.83 Å². The van der Waals surface area contributed by atoms with Crippen LogP contribution in [0.5, 0.6) is 0 Å². The molecule has 22 heavy (non-hydrogen) atoms. The molecular weight excluding hydrogens is 308 g/mol. The zero-order valence-electron chi connectivity index (χ0n) is 12.1. The number of amides is 1. The second kappa shape index (κ2) is 6.29. The van der Waals surface area contributed by atoms with Crippen molar-refractivity contribution < 1.29 is 17.6 Å². The predicted octanol–water partition coefficient (Wildman–Crippen LogP) is 1.15. The number of carbonyl (C=O) groups is 1. The van der Waals surface area contributed by atoms with Gasteiger partial charge in [0, 0.05) is 17.9 Å². The maximum atomic E-state index is 12.1. The molecule has 0 bridgehead atoms. The fraction of sp³-hybridized carbons (Fsp3) is 0.286. The Kier molecular flexibility index (Phi) is 4.62. The van der Waals surface area contributed by atoms with E-state index in [0.29, 0.717) is 5.39 Å². The Hall–Kier alpha value is -2.19. The molecule has 0 aliphatic rings. The van der Waals surface area contributed by atoms with Gasteiger partial charge >= 0.3 is 5.63 Å². The first kappa shape index (κ1) is 16.2. The molecule has 2 N–H and O–H groups in total. The Balaban J connectivity index is 2.20. The van der Waals surface area contributed by atoms with Gasteiger partial charge in [-0.3, -0.25) is 10.2 Å². The summed E-state index contributed by atoms with van der Waals surface area (Å²) in [7, 11) is -3.89. The summed E-state index contributed by atoms with van der Waals surface area (Å²) in [5, 5.41) is 0.469. The van der Waals surface area contributed by atoms with Gasteiger partial charge < -0.3 is 4.42 Å². The van der Waals surface area contributed by atoms with E-state index in [-0.39, 0.29) is 22.8 Å². The molecule has 0 atom stereocenters. The van der Waals surface area contributed by atoms with E-state index in [1.54, 1.807) is 0 Å². The quantitative estimate of drug-likeness (QED) is 0.634. The predicted molar refractivity (Wildman–Crippen MR) is 80.4 cm³/mol. The van der Waals surface area contributed by atoms with E-state index in [4.69, 9.17) is 4.42 Å². The van der Waals surface area contributed by atoms with E-state index < -0.39 is 21.6 Å². The van der Waals surface area contributed by atoms with Gasteiger partial charge in [0.2, 0.25) is 5.91 Å². The van der Waals surface area contributed by atoms with Crippen LogP contribution >= 0.6 is 0 Å². The maximum absolute atomic E-state index is 12.1. The molecule has 2 aromatic rings. The molecule has 0 radical (unpaired) electrons. The minimum Gasteiger partial charge on any atom is -0.423 e. The van der Waals surface area contributed by atoms with Crippen LogP contribution in [0.25, 0.3) is 11.0 Å². The first-order valence-corrected chi connectivity index (χ1v) is 8.11. The minimum atomic E-state index is -3.89. The second-order valence-corrected chi connectivity index (χ2v) is 6.89. The van der Waals surface area contributed by atoms with Crippen molar-refractivity contribution in [3.63, 3.8) is 0 Å². The number of carbonyl (C=O) groups excluding carboxylic acids is 1. The van der Waals surface area contributed by atoms with Crippen molar-refractivity contribution in [3.8, 4) is 0 Å². The lowest BCUT2D eigenvalue weighted by Crippen LogP contribution is -2.41. The Morgan fingerprint density at radius 2 is 1.95 bits per heavy atom. The van der Waals surface area contributed by atoms with Gasteiger partial charge in [-0.05, 0) is 30.2 Å².